The molecule has 0 aliphatic carbocycles. The quantitative estimate of drug-likeness (QED) is 0.0925. The van der Waals surface area contributed by atoms with Gasteiger partial charge in [-0.3, -0.25) is 24.0 Å². The first-order chi connectivity index (χ1) is 20.5. The summed E-state index contributed by atoms with van der Waals surface area (Å²) in [5, 5.41) is 47.1. The molecule has 4 amide bonds. The first-order valence-electron chi connectivity index (χ1n) is 14.3. The molecular formula is C29H45N5O10. The number of carboxylic acids is 2. The molecule has 0 spiro atoms. The summed E-state index contributed by atoms with van der Waals surface area (Å²) in [4.78, 5) is 75.2. The molecule has 0 fully saturated rings. The van der Waals surface area contributed by atoms with E-state index in [0.717, 1.165) is 0 Å². The van der Waals surface area contributed by atoms with Gasteiger partial charge in [-0.1, -0.05) is 39.8 Å². The summed E-state index contributed by atoms with van der Waals surface area (Å²) in [5.74, 6) is -6.02. The fraction of sp³-hybridized carbons (Fsp3) is 0.586. The summed E-state index contributed by atoms with van der Waals surface area (Å²) in [6, 6.07) is -0.925. The van der Waals surface area contributed by atoms with Gasteiger partial charge in [-0.05, 0) is 48.8 Å². The Morgan fingerprint density at radius 3 is 1.68 bits per heavy atom. The lowest BCUT2D eigenvalue weighted by atomic mass is 9.99. The Morgan fingerprint density at radius 1 is 0.705 bits per heavy atom. The number of aliphatic carboxylic acids is 2. The Morgan fingerprint density at radius 2 is 1.18 bits per heavy atom. The number of hydrogen-bond acceptors (Lipinski definition) is 9. The van der Waals surface area contributed by atoms with Gasteiger partial charge in [0.15, 0.2) is 0 Å². The van der Waals surface area contributed by atoms with Gasteiger partial charge in [-0.2, -0.15) is 0 Å². The zero-order valence-electron chi connectivity index (χ0n) is 25.4. The molecule has 44 heavy (non-hydrogen) atoms. The van der Waals surface area contributed by atoms with Crippen molar-refractivity contribution in [3.63, 3.8) is 0 Å². The van der Waals surface area contributed by atoms with Crippen molar-refractivity contribution in [2.45, 2.75) is 90.0 Å². The number of phenols is 1. The van der Waals surface area contributed by atoms with Gasteiger partial charge in [0.05, 0.1) is 12.6 Å². The molecule has 0 aromatic heterocycles. The highest BCUT2D eigenvalue weighted by molar-refractivity contribution is 5.95. The highest BCUT2D eigenvalue weighted by Crippen LogP contribution is 2.13. The molecule has 1 aromatic rings. The minimum absolute atomic E-state index is 0.0605. The highest BCUT2D eigenvalue weighted by Gasteiger charge is 2.32. The number of amides is 4. The second kappa shape index (κ2) is 18.4. The molecule has 5 unspecified atom stereocenters. The number of aliphatic hydroxyl groups excluding tert-OH is 1. The molecule has 5 atom stereocenters. The molecule has 15 heteroatoms. The van der Waals surface area contributed by atoms with Crippen LogP contribution in [0.2, 0.25) is 0 Å². The Labute approximate surface area is 256 Å². The third-order valence-electron chi connectivity index (χ3n) is 6.49. The number of carbonyl (C=O) groups excluding carboxylic acids is 4. The Hall–Kier alpha value is -4.24. The minimum atomic E-state index is -1.67. The van der Waals surface area contributed by atoms with Crippen molar-refractivity contribution >= 4 is 35.6 Å². The van der Waals surface area contributed by atoms with Gasteiger partial charge in [0, 0.05) is 12.8 Å². The smallest absolute Gasteiger partial charge is 0.328 e. The van der Waals surface area contributed by atoms with Crippen LogP contribution >= 0.6 is 0 Å². The average molecular weight is 624 g/mol. The van der Waals surface area contributed by atoms with E-state index in [2.05, 4.69) is 21.3 Å². The zero-order chi connectivity index (χ0) is 33.6. The van der Waals surface area contributed by atoms with Crippen molar-refractivity contribution in [3.8, 4) is 5.75 Å². The first-order valence-corrected chi connectivity index (χ1v) is 14.3. The summed E-state index contributed by atoms with van der Waals surface area (Å²) in [5.41, 5.74) is 6.43. The fourth-order valence-corrected chi connectivity index (χ4v) is 4.21. The van der Waals surface area contributed by atoms with Crippen molar-refractivity contribution in [2.24, 2.45) is 17.6 Å². The average Bonchev–Trinajstić information content (AvgIpc) is 2.92. The van der Waals surface area contributed by atoms with Gasteiger partial charge < -0.3 is 47.4 Å². The number of aromatic hydroxyl groups is 1. The van der Waals surface area contributed by atoms with Crippen LogP contribution in [0.3, 0.4) is 0 Å². The maximum atomic E-state index is 13.4. The molecule has 0 aliphatic heterocycles. The predicted molar refractivity (Wildman–Crippen MR) is 158 cm³/mol. The standard InChI is InChI=1S/C29H45N5O10/c1-15(2)11-19(30)25(39)32-21(12-16(3)4)27(41)31-20(9-10-24(37)38)26(40)33-22(13-17-5-7-18(36)8-6-17)28(42)34-23(14-35)29(43)44/h5-8,15-16,19-23,35-36H,9-14,30H2,1-4H3,(H,31,41)(H,32,39)(H,33,40)(H,34,42)(H,37,38)(H,43,44). The molecule has 1 rings (SSSR count). The third-order valence-corrected chi connectivity index (χ3v) is 6.49. The number of hydrogen-bond donors (Lipinski definition) is 9. The topological polar surface area (TPSA) is 257 Å². The van der Waals surface area contributed by atoms with Crippen molar-refractivity contribution in [2.75, 3.05) is 6.61 Å². The van der Waals surface area contributed by atoms with Crippen LogP contribution in [-0.4, -0.2) is 92.8 Å². The summed E-state index contributed by atoms with van der Waals surface area (Å²) in [7, 11) is 0. The van der Waals surface area contributed by atoms with Gasteiger partial charge in [-0.15, -0.1) is 0 Å². The van der Waals surface area contributed by atoms with Crippen LogP contribution < -0.4 is 27.0 Å². The van der Waals surface area contributed by atoms with E-state index in [1.54, 1.807) is 0 Å². The number of aliphatic hydroxyl groups is 1. The summed E-state index contributed by atoms with van der Waals surface area (Å²) in [6.45, 7) is 6.48. The molecule has 0 aliphatic rings. The van der Waals surface area contributed by atoms with E-state index in [1.807, 2.05) is 27.7 Å². The van der Waals surface area contributed by atoms with Crippen molar-refractivity contribution in [3.05, 3.63) is 29.8 Å². The molecule has 15 nitrogen and oxygen atoms in total. The van der Waals surface area contributed by atoms with E-state index >= 15 is 0 Å². The van der Waals surface area contributed by atoms with Crippen LogP contribution in [0.25, 0.3) is 0 Å². The SMILES string of the molecule is CC(C)CC(N)C(=O)NC(CC(C)C)C(=O)NC(CCC(=O)O)C(=O)NC(Cc1ccc(O)cc1)C(=O)NC(CO)C(=O)O. The van der Waals surface area contributed by atoms with Crippen LogP contribution in [0, 0.1) is 11.8 Å². The predicted octanol–water partition coefficient (Wildman–Crippen LogP) is -0.765. The Bertz CT molecular complexity index is 1140. The normalized spacial score (nSPS) is 14.5. The van der Waals surface area contributed by atoms with Crippen LogP contribution in [0.1, 0.15) is 58.9 Å². The monoisotopic (exact) mass is 623 g/mol. The zero-order valence-corrected chi connectivity index (χ0v) is 25.4. The number of nitrogens with two attached hydrogens (primary N) is 1. The molecule has 0 bridgehead atoms. The molecule has 0 radical (unpaired) electrons. The van der Waals surface area contributed by atoms with E-state index in [0.29, 0.717) is 12.0 Å². The Kier molecular flexibility index (Phi) is 15.8. The lowest BCUT2D eigenvalue weighted by molar-refractivity contribution is -0.143. The maximum absolute atomic E-state index is 13.4. The van der Waals surface area contributed by atoms with Gasteiger partial charge in [0.25, 0.3) is 0 Å². The summed E-state index contributed by atoms with van der Waals surface area (Å²) >= 11 is 0. The van der Waals surface area contributed by atoms with Gasteiger partial charge in [0.1, 0.15) is 29.9 Å². The van der Waals surface area contributed by atoms with Crippen molar-refractivity contribution in [1.82, 2.24) is 21.3 Å². The van der Waals surface area contributed by atoms with Gasteiger partial charge >= 0.3 is 11.9 Å². The molecule has 246 valence electrons. The molecule has 0 saturated carbocycles. The molecule has 0 saturated heterocycles. The van der Waals surface area contributed by atoms with Crippen LogP contribution in [-0.2, 0) is 35.2 Å². The number of phenolic OH excluding ortho intramolecular Hbond substituents is 1. The lowest BCUT2D eigenvalue weighted by Crippen LogP contribution is -2.59. The van der Waals surface area contributed by atoms with Crippen LogP contribution in [0.4, 0.5) is 0 Å². The van der Waals surface area contributed by atoms with Crippen LogP contribution in [0.5, 0.6) is 5.75 Å². The van der Waals surface area contributed by atoms with Crippen molar-refractivity contribution < 1.29 is 49.2 Å². The number of carboxylic acid groups (broad SMARTS) is 2. The fourth-order valence-electron chi connectivity index (χ4n) is 4.21. The Balaban J connectivity index is 3.26. The largest absolute Gasteiger partial charge is 0.508 e. The van der Waals surface area contributed by atoms with E-state index in [1.165, 1.54) is 24.3 Å². The number of carbonyl (C=O) groups is 6. The second-order valence-corrected chi connectivity index (χ2v) is 11.4. The number of benzene rings is 1. The van der Waals surface area contributed by atoms with E-state index in [9.17, 15) is 49.2 Å². The maximum Gasteiger partial charge on any atom is 0.328 e. The van der Waals surface area contributed by atoms with E-state index < -0.39 is 78.8 Å². The van der Waals surface area contributed by atoms with Gasteiger partial charge in [0.2, 0.25) is 23.6 Å². The highest BCUT2D eigenvalue weighted by atomic mass is 16.4. The molecule has 10 N–H and O–H groups in total. The summed E-state index contributed by atoms with van der Waals surface area (Å²) < 4.78 is 0. The lowest BCUT2D eigenvalue weighted by Gasteiger charge is -2.27. The third kappa shape index (κ3) is 13.8. The van der Waals surface area contributed by atoms with Gasteiger partial charge in [-0.25, -0.2) is 4.79 Å². The second-order valence-electron chi connectivity index (χ2n) is 11.4. The van der Waals surface area contributed by atoms with Crippen molar-refractivity contribution in [1.29, 1.82) is 0 Å². The van der Waals surface area contributed by atoms with E-state index in [-0.39, 0.29) is 36.8 Å². The van der Waals surface area contributed by atoms with E-state index in [4.69, 9.17) is 5.73 Å². The van der Waals surface area contributed by atoms with Crippen LogP contribution in [0.15, 0.2) is 24.3 Å². The first kappa shape index (κ1) is 37.8. The minimum Gasteiger partial charge on any atom is -0.508 e. The number of rotatable bonds is 19. The molecule has 1 aromatic carbocycles. The molecular weight excluding hydrogens is 578 g/mol. The summed E-state index contributed by atoms with van der Waals surface area (Å²) in [6.07, 6.45) is -0.532. The molecule has 0 heterocycles. The number of nitrogens with one attached hydrogen (secondary N) is 4.